The van der Waals surface area contributed by atoms with Gasteiger partial charge in [-0.05, 0) is 61.8 Å². The lowest BCUT2D eigenvalue weighted by molar-refractivity contribution is -0.121. The van der Waals surface area contributed by atoms with Crippen LogP contribution in [0.2, 0.25) is 0 Å². The molecule has 0 aliphatic carbocycles. The Bertz CT molecular complexity index is 830. The Labute approximate surface area is 171 Å². The van der Waals surface area contributed by atoms with E-state index in [1.807, 2.05) is 28.8 Å². The van der Waals surface area contributed by atoms with Crippen molar-refractivity contribution in [1.82, 2.24) is 25.0 Å². The number of piperidine rings is 1. The highest BCUT2D eigenvalue weighted by Gasteiger charge is 2.16. The predicted octanol–water partition coefficient (Wildman–Crippen LogP) is 2.85. The number of amides is 1. The van der Waals surface area contributed by atoms with Crippen LogP contribution in [0.3, 0.4) is 0 Å². The zero-order valence-electron chi connectivity index (χ0n) is 16.6. The van der Waals surface area contributed by atoms with Gasteiger partial charge in [-0.15, -0.1) is 0 Å². The standard InChI is InChI=1S/C20H29N5O2S/c1-15-4-3-11-24(14-15)13-10-21-18(26)9-12-25-19(22-23-20(25)28)16-5-7-17(27-2)8-6-16/h5-8,15H,3-4,9-14H2,1-2H3,(H,21,26)(H,23,28). The maximum absolute atomic E-state index is 12.3. The van der Waals surface area contributed by atoms with Crippen LogP contribution < -0.4 is 10.1 Å². The van der Waals surface area contributed by atoms with E-state index in [1.165, 1.54) is 12.8 Å². The van der Waals surface area contributed by atoms with E-state index in [4.69, 9.17) is 17.0 Å². The molecule has 0 saturated carbocycles. The van der Waals surface area contributed by atoms with Gasteiger partial charge in [-0.1, -0.05) is 6.92 Å². The molecule has 28 heavy (non-hydrogen) atoms. The molecule has 1 aliphatic rings. The Morgan fingerprint density at radius 1 is 1.36 bits per heavy atom. The van der Waals surface area contributed by atoms with Crippen LogP contribution in [0.15, 0.2) is 24.3 Å². The molecule has 1 atom stereocenters. The van der Waals surface area contributed by atoms with Gasteiger partial charge in [0, 0.05) is 38.2 Å². The molecular formula is C20H29N5O2S. The smallest absolute Gasteiger partial charge is 0.221 e. The first-order chi connectivity index (χ1) is 13.6. The third kappa shape index (κ3) is 5.42. The first-order valence-corrected chi connectivity index (χ1v) is 10.3. The zero-order valence-corrected chi connectivity index (χ0v) is 17.4. The molecule has 1 aliphatic heterocycles. The summed E-state index contributed by atoms with van der Waals surface area (Å²) in [7, 11) is 1.63. The van der Waals surface area contributed by atoms with Gasteiger partial charge in [0.2, 0.25) is 5.91 Å². The van der Waals surface area contributed by atoms with Crippen molar-refractivity contribution >= 4 is 18.1 Å². The number of nitrogens with one attached hydrogen (secondary N) is 2. The molecule has 7 nitrogen and oxygen atoms in total. The number of rotatable bonds is 8. The maximum atomic E-state index is 12.3. The summed E-state index contributed by atoms with van der Waals surface area (Å²) in [5.41, 5.74) is 0.924. The zero-order chi connectivity index (χ0) is 19.9. The number of hydrogen-bond donors (Lipinski definition) is 2. The molecule has 152 valence electrons. The number of ether oxygens (including phenoxy) is 1. The quantitative estimate of drug-likeness (QED) is 0.663. The van der Waals surface area contributed by atoms with Crippen molar-refractivity contribution in [2.75, 3.05) is 33.3 Å². The number of hydrogen-bond acceptors (Lipinski definition) is 5. The van der Waals surface area contributed by atoms with Crippen molar-refractivity contribution in [3.8, 4) is 17.1 Å². The Hall–Kier alpha value is -2.19. The number of nitrogens with zero attached hydrogens (tertiary/aromatic N) is 3. The molecule has 0 spiro atoms. The molecule has 1 amide bonds. The number of methoxy groups -OCH3 is 1. The summed E-state index contributed by atoms with van der Waals surface area (Å²) < 4.78 is 7.57. The number of likely N-dealkylation sites (tertiary alicyclic amines) is 1. The molecule has 0 radical (unpaired) electrons. The molecule has 0 bridgehead atoms. The average molecular weight is 404 g/mol. The molecule has 8 heteroatoms. The topological polar surface area (TPSA) is 75.2 Å². The summed E-state index contributed by atoms with van der Waals surface area (Å²) in [5.74, 6) is 2.30. The van der Waals surface area contributed by atoms with Crippen molar-refractivity contribution < 1.29 is 9.53 Å². The monoisotopic (exact) mass is 403 g/mol. The van der Waals surface area contributed by atoms with E-state index in [-0.39, 0.29) is 5.91 Å². The van der Waals surface area contributed by atoms with Crippen molar-refractivity contribution in [3.05, 3.63) is 29.0 Å². The Morgan fingerprint density at radius 3 is 2.86 bits per heavy atom. The van der Waals surface area contributed by atoms with Gasteiger partial charge in [0.05, 0.1) is 7.11 Å². The van der Waals surface area contributed by atoms with Gasteiger partial charge in [0.15, 0.2) is 10.6 Å². The van der Waals surface area contributed by atoms with Gasteiger partial charge in [0.1, 0.15) is 5.75 Å². The van der Waals surface area contributed by atoms with Gasteiger partial charge in [-0.3, -0.25) is 14.5 Å². The van der Waals surface area contributed by atoms with Crippen LogP contribution in [0.25, 0.3) is 11.4 Å². The lowest BCUT2D eigenvalue weighted by atomic mass is 10.0. The molecule has 1 saturated heterocycles. The summed E-state index contributed by atoms with van der Waals surface area (Å²) >= 11 is 5.34. The highest BCUT2D eigenvalue weighted by atomic mass is 32.1. The summed E-state index contributed by atoms with van der Waals surface area (Å²) in [6.07, 6.45) is 2.93. The van der Waals surface area contributed by atoms with Crippen LogP contribution in [0, 0.1) is 10.7 Å². The summed E-state index contributed by atoms with van der Waals surface area (Å²) in [4.78, 5) is 14.7. The Morgan fingerprint density at radius 2 is 2.14 bits per heavy atom. The van der Waals surface area contributed by atoms with Gasteiger partial charge in [0.25, 0.3) is 0 Å². The van der Waals surface area contributed by atoms with Gasteiger partial charge in [-0.2, -0.15) is 5.10 Å². The molecule has 2 N–H and O–H groups in total. The average Bonchev–Trinajstić information content (AvgIpc) is 3.07. The van der Waals surface area contributed by atoms with Gasteiger partial charge >= 0.3 is 0 Å². The number of benzene rings is 1. The fourth-order valence-electron chi connectivity index (χ4n) is 3.63. The number of H-pyrrole nitrogens is 1. The molecule has 1 unspecified atom stereocenters. The van der Waals surface area contributed by atoms with Gasteiger partial charge in [-0.25, -0.2) is 0 Å². The van der Waals surface area contributed by atoms with E-state index in [0.29, 0.717) is 24.3 Å². The molecule has 2 aromatic rings. The van der Waals surface area contributed by atoms with Crippen molar-refractivity contribution in [1.29, 1.82) is 0 Å². The molecule has 3 rings (SSSR count). The van der Waals surface area contributed by atoms with Crippen molar-refractivity contribution in [2.45, 2.75) is 32.7 Å². The second kappa shape index (κ2) is 9.84. The highest BCUT2D eigenvalue weighted by molar-refractivity contribution is 7.71. The van der Waals surface area contributed by atoms with Crippen molar-refractivity contribution in [3.63, 3.8) is 0 Å². The largest absolute Gasteiger partial charge is 0.497 e. The van der Waals surface area contributed by atoms with Crippen LogP contribution in [-0.2, 0) is 11.3 Å². The summed E-state index contributed by atoms with van der Waals surface area (Å²) in [5, 5.41) is 10.2. The van der Waals surface area contributed by atoms with E-state index >= 15 is 0 Å². The van der Waals surface area contributed by atoms with Crippen LogP contribution in [-0.4, -0.2) is 58.9 Å². The predicted molar refractivity (Wildman–Crippen MR) is 112 cm³/mol. The van der Waals surface area contributed by atoms with Crippen LogP contribution in [0.1, 0.15) is 26.2 Å². The van der Waals surface area contributed by atoms with E-state index in [9.17, 15) is 4.79 Å². The minimum absolute atomic E-state index is 0.0360. The first-order valence-electron chi connectivity index (χ1n) is 9.85. The molecular weight excluding hydrogens is 374 g/mol. The van der Waals surface area contributed by atoms with E-state index in [2.05, 4.69) is 27.3 Å². The van der Waals surface area contributed by atoms with Crippen LogP contribution >= 0.6 is 12.2 Å². The van der Waals surface area contributed by atoms with Crippen LogP contribution in [0.5, 0.6) is 5.75 Å². The fourth-order valence-corrected chi connectivity index (χ4v) is 3.85. The number of carbonyl (C=O) groups is 1. The highest BCUT2D eigenvalue weighted by Crippen LogP contribution is 2.21. The van der Waals surface area contributed by atoms with E-state index in [1.54, 1.807) is 7.11 Å². The lowest BCUT2D eigenvalue weighted by Crippen LogP contribution is -2.40. The molecule has 2 heterocycles. The summed E-state index contributed by atoms with van der Waals surface area (Å²) in [6, 6.07) is 7.62. The second-order valence-electron chi connectivity index (χ2n) is 7.38. The first kappa shape index (κ1) is 20.5. The minimum atomic E-state index is 0.0360. The SMILES string of the molecule is COc1ccc(-c2n[nH]c(=S)n2CCC(=O)NCCN2CCCC(C)C2)cc1. The number of aromatic amines is 1. The molecule has 1 aromatic heterocycles. The third-order valence-corrected chi connectivity index (χ3v) is 5.47. The van der Waals surface area contributed by atoms with E-state index < -0.39 is 0 Å². The lowest BCUT2D eigenvalue weighted by Gasteiger charge is -2.30. The summed E-state index contributed by atoms with van der Waals surface area (Å²) in [6.45, 7) is 6.65. The Balaban J connectivity index is 1.50. The normalized spacial score (nSPS) is 17.4. The van der Waals surface area contributed by atoms with E-state index in [0.717, 1.165) is 42.7 Å². The fraction of sp³-hybridized carbons (Fsp3) is 0.550. The molecule has 1 fully saturated rings. The van der Waals surface area contributed by atoms with Gasteiger partial charge < -0.3 is 15.0 Å². The second-order valence-corrected chi connectivity index (χ2v) is 7.77. The van der Waals surface area contributed by atoms with Crippen molar-refractivity contribution in [2.24, 2.45) is 5.92 Å². The Kier molecular flexibility index (Phi) is 7.22. The third-order valence-electron chi connectivity index (χ3n) is 5.16. The number of aromatic nitrogens is 3. The number of carbonyl (C=O) groups excluding carboxylic acids is 1. The maximum Gasteiger partial charge on any atom is 0.221 e. The minimum Gasteiger partial charge on any atom is -0.497 e. The van der Waals surface area contributed by atoms with Crippen LogP contribution in [0.4, 0.5) is 0 Å². The molecule has 1 aromatic carbocycles.